The van der Waals surface area contributed by atoms with E-state index in [-0.39, 0.29) is 12.4 Å². The van der Waals surface area contributed by atoms with Crippen molar-refractivity contribution in [3.05, 3.63) is 29.8 Å². The molecule has 1 rings (SSSR count). The fourth-order valence-electron chi connectivity index (χ4n) is 1.20. The molecule has 1 N–H and O–H groups in total. The van der Waals surface area contributed by atoms with E-state index in [0.717, 1.165) is 5.56 Å². The van der Waals surface area contributed by atoms with Gasteiger partial charge in [-0.2, -0.15) is 0 Å². The number of rotatable bonds is 5. The molecule has 0 aromatic heterocycles. The standard InChI is InChI=1S/C12H16O4/c1-9(13)10-3-5-11(6-4-10)16-8-7-12(14)15-2/h3-6,9,13H,7-8H2,1-2H3/t9-/m0/s1. The lowest BCUT2D eigenvalue weighted by molar-refractivity contribution is -0.141. The fourth-order valence-corrected chi connectivity index (χ4v) is 1.20. The van der Waals surface area contributed by atoms with Gasteiger partial charge in [0.15, 0.2) is 0 Å². The minimum atomic E-state index is -0.482. The normalized spacial score (nSPS) is 11.9. The number of aliphatic hydroxyl groups is 1. The number of methoxy groups -OCH3 is 1. The third kappa shape index (κ3) is 3.90. The molecule has 4 heteroatoms. The molecule has 0 radical (unpaired) electrons. The van der Waals surface area contributed by atoms with E-state index in [4.69, 9.17) is 4.74 Å². The molecule has 0 aliphatic heterocycles. The van der Waals surface area contributed by atoms with Gasteiger partial charge in [0.05, 0.1) is 26.2 Å². The summed E-state index contributed by atoms with van der Waals surface area (Å²) < 4.78 is 9.82. The molecule has 0 bridgehead atoms. The fraction of sp³-hybridized carbons (Fsp3) is 0.417. The van der Waals surface area contributed by atoms with Crippen molar-refractivity contribution in [1.29, 1.82) is 0 Å². The summed E-state index contributed by atoms with van der Waals surface area (Å²) in [6.45, 7) is 1.99. The summed E-state index contributed by atoms with van der Waals surface area (Å²) in [5.41, 5.74) is 0.834. The molecule has 0 saturated carbocycles. The van der Waals surface area contributed by atoms with Crippen molar-refractivity contribution in [3.8, 4) is 5.75 Å². The van der Waals surface area contributed by atoms with Crippen LogP contribution in [-0.2, 0) is 9.53 Å². The Morgan fingerprint density at radius 1 is 1.38 bits per heavy atom. The van der Waals surface area contributed by atoms with Gasteiger partial charge in [-0.05, 0) is 24.6 Å². The van der Waals surface area contributed by atoms with Crippen LogP contribution in [0.15, 0.2) is 24.3 Å². The predicted octanol–water partition coefficient (Wildman–Crippen LogP) is 1.68. The molecule has 0 heterocycles. The Kier molecular flexibility index (Phi) is 4.79. The summed E-state index contributed by atoms with van der Waals surface area (Å²) in [6, 6.07) is 7.11. The largest absolute Gasteiger partial charge is 0.493 e. The van der Waals surface area contributed by atoms with Crippen LogP contribution in [0.5, 0.6) is 5.75 Å². The molecule has 0 saturated heterocycles. The number of benzene rings is 1. The summed E-state index contributed by atoms with van der Waals surface area (Å²) in [4.78, 5) is 10.8. The number of hydrogen-bond acceptors (Lipinski definition) is 4. The Balaban J connectivity index is 2.40. The first-order chi connectivity index (χ1) is 7.63. The first-order valence-corrected chi connectivity index (χ1v) is 5.11. The number of hydrogen-bond donors (Lipinski definition) is 1. The maximum Gasteiger partial charge on any atom is 0.308 e. The first-order valence-electron chi connectivity index (χ1n) is 5.11. The lowest BCUT2D eigenvalue weighted by Crippen LogP contribution is -2.07. The Labute approximate surface area is 94.8 Å². The highest BCUT2D eigenvalue weighted by atomic mass is 16.5. The van der Waals surface area contributed by atoms with Gasteiger partial charge in [0.25, 0.3) is 0 Å². The SMILES string of the molecule is COC(=O)CCOc1ccc([C@H](C)O)cc1. The van der Waals surface area contributed by atoms with Crippen LogP contribution < -0.4 is 4.74 Å². The Morgan fingerprint density at radius 2 is 2.00 bits per heavy atom. The van der Waals surface area contributed by atoms with E-state index < -0.39 is 6.10 Å². The van der Waals surface area contributed by atoms with Gasteiger partial charge in [-0.25, -0.2) is 0 Å². The predicted molar refractivity (Wildman–Crippen MR) is 59.2 cm³/mol. The molecule has 0 spiro atoms. The van der Waals surface area contributed by atoms with E-state index in [1.807, 2.05) is 0 Å². The molecule has 0 aliphatic rings. The van der Waals surface area contributed by atoms with Crippen LogP contribution in [-0.4, -0.2) is 24.8 Å². The summed E-state index contributed by atoms with van der Waals surface area (Å²) in [5, 5.41) is 9.29. The van der Waals surface area contributed by atoms with Crippen LogP contribution in [0.2, 0.25) is 0 Å². The minimum absolute atomic E-state index is 0.231. The second-order valence-corrected chi connectivity index (χ2v) is 3.42. The van der Waals surface area contributed by atoms with E-state index >= 15 is 0 Å². The van der Waals surface area contributed by atoms with Gasteiger partial charge in [-0.3, -0.25) is 4.79 Å². The lowest BCUT2D eigenvalue weighted by atomic mass is 10.1. The van der Waals surface area contributed by atoms with Crippen molar-refractivity contribution in [2.45, 2.75) is 19.4 Å². The highest BCUT2D eigenvalue weighted by molar-refractivity contribution is 5.69. The van der Waals surface area contributed by atoms with E-state index in [2.05, 4.69) is 4.74 Å². The third-order valence-corrected chi connectivity index (χ3v) is 2.17. The van der Waals surface area contributed by atoms with Crippen LogP contribution in [0.25, 0.3) is 0 Å². The quantitative estimate of drug-likeness (QED) is 0.773. The van der Waals surface area contributed by atoms with Gasteiger partial charge < -0.3 is 14.6 Å². The zero-order chi connectivity index (χ0) is 12.0. The zero-order valence-corrected chi connectivity index (χ0v) is 9.47. The number of esters is 1. The van der Waals surface area contributed by atoms with E-state index in [1.54, 1.807) is 31.2 Å². The van der Waals surface area contributed by atoms with Crippen molar-refractivity contribution in [1.82, 2.24) is 0 Å². The van der Waals surface area contributed by atoms with Crippen molar-refractivity contribution in [3.63, 3.8) is 0 Å². The highest BCUT2D eigenvalue weighted by Gasteiger charge is 2.02. The van der Waals surface area contributed by atoms with Crippen molar-refractivity contribution in [2.75, 3.05) is 13.7 Å². The third-order valence-electron chi connectivity index (χ3n) is 2.17. The van der Waals surface area contributed by atoms with Crippen LogP contribution >= 0.6 is 0 Å². The lowest BCUT2D eigenvalue weighted by Gasteiger charge is -2.07. The molecular weight excluding hydrogens is 208 g/mol. The number of ether oxygens (including phenoxy) is 2. The molecule has 1 aromatic rings. The molecule has 0 aliphatic carbocycles. The molecule has 4 nitrogen and oxygen atoms in total. The highest BCUT2D eigenvalue weighted by Crippen LogP contribution is 2.17. The van der Waals surface area contributed by atoms with E-state index in [9.17, 15) is 9.90 Å². The maximum absolute atomic E-state index is 10.8. The second kappa shape index (κ2) is 6.12. The molecule has 88 valence electrons. The van der Waals surface area contributed by atoms with Gasteiger partial charge in [0.2, 0.25) is 0 Å². The average molecular weight is 224 g/mol. The number of carbonyl (C=O) groups is 1. The Morgan fingerprint density at radius 3 is 2.50 bits per heavy atom. The van der Waals surface area contributed by atoms with Gasteiger partial charge in [-0.1, -0.05) is 12.1 Å². The molecule has 0 unspecified atom stereocenters. The monoisotopic (exact) mass is 224 g/mol. The minimum Gasteiger partial charge on any atom is -0.493 e. The van der Waals surface area contributed by atoms with Gasteiger partial charge in [0, 0.05) is 0 Å². The molecule has 0 amide bonds. The summed E-state index contributed by atoms with van der Waals surface area (Å²) in [6.07, 6.45) is -0.251. The maximum atomic E-state index is 10.8. The second-order valence-electron chi connectivity index (χ2n) is 3.42. The number of aliphatic hydroxyl groups excluding tert-OH is 1. The van der Waals surface area contributed by atoms with Crippen molar-refractivity contribution >= 4 is 5.97 Å². The zero-order valence-electron chi connectivity index (χ0n) is 9.47. The van der Waals surface area contributed by atoms with Crippen LogP contribution in [0, 0.1) is 0 Å². The first kappa shape index (κ1) is 12.5. The summed E-state index contributed by atoms with van der Waals surface area (Å²) in [5.74, 6) is 0.383. The molecule has 16 heavy (non-hydrogen) atoms. The topological polar surface area (TPSA) is 55.8 Å². The number of carbonyl (C=O) groups excluding carboxylic acids is 1. The molecule has 1 atom stereocenters. The Hall–Kier alpha value is -1.55. The smallest absolute Gasteiger partial charge is 0.308 e. The average Bonchev–Trinajstić information content (AvgIpc) is 2.29. The van der Waals surface area contributed by atoms with Crippen LogP contribution in [0.4, 0.5) is 0 Å². The van der Waals surface area contributed by atoms with Crippen molar-refractivity contribution < 1.29 is 19.4 Å². The molecule has 1 aromatic carbocycles. The van der Waals surface area contributed by atoms with Gasteiger partial charge in [0.1, 0.15) is 5.75 Å². The van der Waals surface area contributed by atoms with E-state index in [1.165, 1.54) is 7.11 Å². The molecule has 0 fully saturated rings. The van der Waals surface area contributed by atoms with Crippen LogP contribution in [0.1, 0.15) is 25.0 Å². The van der Waals surface area contributed by atoms with Gasteiger partial charge in [-0.15, -0.1) is 0 Å². The van der Waals surface area contributed by atoms with E-state index in [0.29, 0.717) is 12.4 Å². The molecular formula is C12H16O4. The summed E-state index contributed by atoms with van der Waals surface area (Å²) in [7, 11) is 1.35. The Bertz CT molecular complexity index is 329. The summed E-state index contributed by atoms with van der Waals surface area (Å²) >= 11 is 0. The van der Waals surface area contributed by atoms with Crippen molar-refractivity contribution in [2.24, 2.45) is 0 Å². The van der Waals surface area contributed by atoms with Gasteiger partial charge >= 0.3 is 5.97 Å². The van der Waals surface area contributed by atoms with Crippen LogP contribution in [0.3, 0.4) is 0 Å².